The van der Waals surface area contributed by atoms with Gasteiger partial charge in [-0.05, 0) is 36.1 Å². The molecule has 3 aromatic rings. The maximum Gasteiger partial charge on any atom is 0.137 e. The summed E-state index contributed by atoms with van der Waals surface area (Å²) in [5.74, 6) is 1.02. The predicted octanol–water partition coefficient (Wildman–Crippen LogP) is 3.98. The molecule has 2 heterocycles. The van der Waals surface area contributed by atoms with Gasteiger partial charge in [-0.1, -0.05) is 42.5 Å². The molecule has 2 aromatic carbocycles. The van der Waals surface area contributed by atoms with Crippen molar-refractivity contribution in [2.75, 3.05) is 6.54 Å². The van der Waals surface area contributed by atoms with Crippen molar-refractivity contribution in [3.8, 4) is 0 Å². The van der Waals surface area contributed by atoms with Gasteiger partial charge in [-0.25, -0.2) is 0 Å². The highest BCUT2D eigenvalue weighted by Gasteiger charge is 2.24. The molecule has 0 bridgehead atoms. The molecule has 0 spiro atoms. The van der Waals surface area contributed by atoms with Crippen LogP contribution >= 0.6 is 0 Å². The Kier molecular flexibility index (Phi) is 2.64. The van der Waals surface area contributed by atoms with Crippen LogP contribution < -0.4 is 5.32 Å². The highest BCUT2D eigenvalue weighted by molar-refractivity contribution is 5.81. The van der Waals surface area contributed by atoms with Crippen molar-refractivity contribution in [1.29, 1.82) is 0 Å². The Hall–Kier alpha value is -2.06. The van der Waals surface area contributed by atoms with Crippen LogP contribution in [0.1, 0.15) is 28.5 Å². The van der Waals surface area contributed by atoms with Crippen LogP contribution in [0.25, 0.3) is 11.0 Å². The third-order valence-corrected chi connectivity index (χ3v) is 4.15. The van der Waals surface area contributed by atoms with E-state index in [0.717, 1.165) is 24.3 Å². The number of fused-ring (bicyclic) bond motifs is 2. The fourth-order valence-corrected chi connectivity index (χ4v) is 3.13. The van der Waals surface area contributed by atoms with Crippen LogP contribution in [-0.2, 0) is 6.42 Å². The maximum atomic E-state index is 6.13. The van der Waals surface area contributed by atoms with Gasteiger partial charge in [-0.15, -0.1) is 0 Å². The van der Waals surface area contributed by atoms with Crippen molar-refractivity contribution in [2.24, 2.45) is 0 Å². The van der Waals surface area contributed by atoms with Crippen LogP contribution in [0.2, 0.25) is 0 Å². The zero-order valence-electron chi connectivity index (χ0n) is 11.5. The Morgan fingerprint density at radius 3 is 2.90 bits per heavy atom. The first-order valence-electron chi connectivity index (χ1n) is 7.13. The van der Waals surface area contributed by atoms with Crippen molar-refractivity contribution in [2.45, 2.75) is 19.4 Å². The number of benzene rings is 2. The summed E-state index contributed by atoms with van der Waals surface area (Å²) < 4.78 is 6.13. The van der Waals surface area contributed by atoms with Crippen LogP contribution in [0.15, 0.2) is 52.9 Å². The lowest BCUT2D eigenvalue weighted by molar-refractivity contribution is 0.455. The van der Waals surface area contributed by atoms with E-state index in [1.165, 1.54) is 22.1 Å². The first-order chi connectivity index (χ1) is 9.83. The smallest absolute Gasteiger partial charge is 0.137 e. The molecule has 0 radical (unpaired) electrons. The highest BCUT2D eigenvalue weighted by atomic mass is 16.3. The number of rotatable bonds is 1. The minimum Gasteiger partial charge on any atom is -0.459 e. The number of furan rings is 1. The monoisotopic (exact) mass is 263 g/mol. The van der Waals surface area contributed by atoms with E-state index in [9.17, 15) is 0 Å². The molecule has 0 saturated heterocycles. The molecule has 0 fully saturated rings. The van der Waals surface area contributed by atoms with Gasteiger partial charge in [-0.3, -0.25) is 0 Å². The first-order valence-corrected chi connectivity index (χ1v) is 7.13. The van der Waals surface area contributed by atoms with Gasteiger partial charge in [0.2, 0.25) is 0 Å². The lowest BCUT2D eigenvalue weighted by Crippen LogP contribution is -2.30. The third-order valence-electron chi connectivity index (χ3n) is 4.15. The van der Waals surface area contributed by atoms with Crippen molar-refractivity contribution in [3.63, 3.8) is 0 Å². The van der Waals surface area contributed by atoms with Gasteiger partial charge < -0.3 is 9.73 Å². The molecular weight excluding hydrogens is 246 g/mol. The van der Waals surface area contributed by atoms with Gasteiger partial charge in [0, 0.05) is 11.9 Å². The van der Waals surface area contributed by atoms with E-state index in [4.69, 9.17) is 4.42 Å². The molecule has 4 rings (SSSR count). The molecule has 100 valence electrons. The van der Waals surface area contributed by atoms with Gasteiger partial charge >= 0.3 is 0 Å². The fourth-order valence-electron chi connectivity index (χ4n) is 3.13. The molecule has 1 aliphatic heterocycles. The Balaban J connectivity index is 1.86. The first kappa shape index (κ1) is 11.7. The van der Waals surface area contributed by atoms with Gasteiger partial charge in [-0.2, -0.15) is 0 Å². The minimum absolute atomic E-state index is 0.173. The quantitative estimate of drug-likeness (QED) is 0.718. The number of hydrogen-bond donors (Lipinski definition) is 1. The van der Waals surface area contributed by atoms with E-state index in [1.54, 1.807) is 0 Å². The molecule has 2 nitrogen and oxygen atoms in total. The van der Waals surface area contributed by atoms with Crippen molar-refractivity contribution in [1.82, 2.24) is 5.32 Å². The molecular formula is C18H17NO. The Morgan fingerprint density at radius 1 is 1.10 bits per heavy atom. The average Bonchev–Trinajstić information content (AvgIpc) is 2.92. The van der Waals surface area contributed by atoms with Crippen LogP contribution in [0, 0.1) is 6.92 Å². The number of para-hydroxylation sites is 1. The summed E-state index contributed by atoms with van der Waals surface area (Å²) in [7, 11) is 0. The summed E-state index contributed by atoms with van der Waals surface area (Å²) in [6.45, 7) is 3.09. The predicted molar refractivity (Wildman–Crippen MR) is 80.9 cm³/mol. The second-order valence-corrected chi connectivity index (χ2v) is 5.48. The number of aryl methyl sites for hydroxylation is 1. The van der Waals surface area contributed by atoms with E-state index in [2.05, 4.69) is 60.8 Å². The summed E-state index contributed by atoms with van der Waals surface area (Å²) >= 11 is 0. The summed E-state index contributed by atoms with van der Waals surface area (Å²) in [5.41, 5.74) is 4.97. The Labute approximate surface area is 118 Å². The van der Waals surface area contributed by atoms with Gasteiger partial charge in [0.05, 0.1) is 6.04 Å². The highest BCUT2D eigenvalue weighted by Crippen LogP contribution is 2.33. The van der Waals surface area contributed by atoms with Crippen molar-refractivity contribution >= 4 is 11.0 Å². The standard InChI is InChI=1S/C18H17NO/c1-12-5-4-7-14-11-16(20-18(12)14)17-15-8-3-2-6-13(15)9-10-19-17/h2-8,11,17,19H,9-10H2,1H3. The molecule has 0 aliphatic carbocycles. The fraction of sp³-hybridized carbons (Fsp3) is 0.222. The lowest BCUT2D eigenvalue weighted by Gasteiger charge is -2.25. The molecule has 1 atom stereocenters. The van der Waals surface area contributed by atoms with E-state index in [-0.39, 0.29) is 6.04 Å². The van der Waals surface area contributed by atoms with Crippen LogP contribution in [0.5, 0.6) is 0 Å². The Bertz CT molecular complexity index is 772. The van der Waals surface area contributed by atoms with Crippen molar-refractivity contribution in [3.05, 3.63) is 71.0 Å². The lowest BCUT2D eigenvalue weighted by atomic mass is 9.93. The molecule has 1 unspecified atom stereocenters. The topological polar surface area (TPSA) is 25.2 Å². The van der Waals surface area contributed by atoms with Crippen LogP contribution in [0.3, 0.4) is 0 Å². The molecule has 1 aromatic heterocycles. The van der Waals surface area contributed by atoms with Crippen LogP contribution in [-0.4, -0.2) is 6.54 Å². The van der Waals surface area contributed by atoms with E-state index >= 15 is 0 Å². The third kappa shape index (κ3) is 1.76. The van der Waals surface area contributed by atoms with E-state index in [1.807, 2.05) is 0 Å². The van der Waals surface area contributed by atoms with Gasteiger partial charge in [0.1, 0.15) is 11.3 Å². The number of hydrogen-bond acceptors (Lipinski definition) is 2. The summed E-state index contributed by atoms with van der Waals surface area (Å²) in [6.07, 6.45) is 1.09. The van der Waals surface area contributed by atoms with Gasteiger partial charge in [0.25, 0.3) is 0 Å². The molecule has 1 aliphatic rings. The van der Waals surface area contributed by atoms with E-state index in [0.29, 0.717) is 0 Å². The van der Waals surface area contributed by atoms with Crippen LogP contribution in [0.4, 0.5) is 0 Å². The normalized spacial score (nSPS) is 18.1. The summed E-state index contributed by atoms with van der Waals surface area (Å²) in [5, 5.41) is 4.76. The molecule has 2 heteroatoms. The minimum atomic E-state index is 0.173. The maximum absolute atomic E-state index is 6.13. The summed E-state index contributed by atoms with van der Waals surface area (Å²) in [6, 6.07) is 17.3. The molecule has 20 heavy (non-hydrogen) atoms. The summed E-state index contributed by atoms with van der Waals surface area (Å²) in [4.78, 5) is 0. The molecule has 1 N–H and O–H groups in total. The largest absolute Gasteiger partial charge is 0.459 e. The Morgan fingerprint density at radius 2 is 2.00 bits per heavy atom. The second-order valence-electron chi connectivity index (χ2n) is 5.48. The molecule has 0 saturated carbocycles. The van der Waals surface area contributed by atoms with Gasteiger partial charge in [0.15, 0.2) is 0 Å². The average molecular weight is 263 g/mol. The number of nitrogens with one attached hydrogen (secondary N) is 1. The van der Waals surface area contributed by atoms with Crippen molar-refractivity contribution < 1.29 is 4.42 Å². The second kappa shape index (κ2) is 4.50. The zero-order chi connectivity index (χ0) is 13.5. The SMILES string of the molecule is Cc1cccc2cc(C3NCCc4ccccc43)oc12. The van der Waals surface area contributed by atoms with E-state index < -0.39 is 0 Å². The molecule has 0 amide bonds. The zero-order valence-corrected chi connectivity index (χ0v) is 11.5.